The van der Waals surface area contributed by atoms with Crippen LogP contribution in [0.5, 0.6) is 0 Å². The number of aliphatic hydroxyl groups excluding tert-OH is 1. The fourth-order valence-electron chi connectivity index (χ4n) is 2.17. The Morgan fingerprint density at radius 3 is 1.90 bits per heavy atom. The molecule has 6 heteroatoms. The van der Waals surface area contributed by atoms with Gasteiger partial charge in [-0.15, -0.1) is 0 Å². The number of aliphatic hydroxyl groups is 1. The summed E-state index contributed by atoms with van der Waals surface area (Å²) in [4.78, 5) is 12.4. The molecule has 2 heterocycles. The zero-order chi connectivity index (χ0) is 15.0. The van der Waals surface area contributed by atoms with Gasteiger partial charge >= 0.3 is 0 Å². The quantitative estimate of drug-likeness (QED) is 0.527. The van der Waals surface area contributed by atoms with Gasteiger partial charge in [-0.05, 0) is 20.8 Å². The molecule has 0 spiro atoms. The van der Waals surface area contributed by atoms with Gasteiger partial charge in [0.05, 0.1) is 22.5 Å². The van der Waals surface area contributed by atoms with Gasteiger partial charge in [0.1, 0.15) is 5.76 Å². The number of rotatable bonds is 3. The lowest BCUT2D eigenvalue weighted by atomic mass is 10.0. The Bertz CT molecular complexity index is 707. The molecule has 6 nitrogen and oxygen atoms in total. The number of aryl methyl sites for hydroxylation is 4. The Morgan fingerprint density at radius 1 is 1.05 bits per heavy atom. The van der Waals surface area contributed by atoms with Gasteiger partial charge in [-0.1, -0.05) is 0 Å². The minimum absolute atomic E-state index is 0.0381. The van der Waals surface area contributed by atoms with Gasteiger partial charge in [0.25, 0.3) is 0 Å². The van der Waals surface area contributed by atoms with Crippen molar-refractivity contribution in [3.63, 3.8) is 0 Å². The number of aromatic nitrogens is 4. The molecule has 0 radical (unpaired) electrons. The summed E-state index contributed by atoms with van der Waals surface area (Å²) in [5, 5.41) is 18.6. The van der Waals surface area contributed by atoms with Crippen LogP contribution in [-0.4, -0.2) is 30.5 Å². The number of carbonyl (C=O) groups is 1. The number of hydrogen-bond donors (Lipinski definition) is 1. The smallest absolute Gasteiger partial charge is 0.195 e. The second-order valence-corrected chi connectivity index (χ2v) is 4.91. The molecule has 0 aliphatic rings. The average molecular weight is 274 g/mol. The molecule has 0 aromatic carbocycles. The van der Waals surface area contributed by atoms with E-state index < -0.39 is 0 Å². The number of nitrogens with zero attached hydrogens (tertiary/aromatic N) is 4. The van der Waals surface area contributed by atoms with Crippen LogP contribution in [0.2, 0.25) is 0 Å². The van der Waals surface area contributed by atoms with E-state index in [1.165, 1.54) is 0 Å². The lowest BCUT2D eigenvalue weighted by Crippen LogP contribution is -2.04. The molecular weight excluding hydrogens is 256 g/mol. The number of Topliss-reactive ketones (excluding diaryl/α,β-unsaturated/α-hetero) is 1. The van der Waals surface area contributed by atoms with Gasteiger partial charge in [-0.3, -0.25) is 14.2 Å². The van der Waals surface area contributed by atoms with Crippen molar-refractivity contribution in [2.45, 2.75) is 20.8 Å². The van der Waals surface area contributed by atoms with E-state index in [0.717, 1.165) is 0 Å². The maximum Gasteiger partial charge on any atom is 0.195 e. The normalized spacial score (nSPS) is 12.4. The molecule has 0 atom stereocenters. The van der Waals surface area contributed by atoms with E-state index in [1.54, 1.807) is 56.6 Å². The minimum Gasteiger partial charge on any atom is -0.507 e. The zero-order valence-electron chi connectivity index (χ0n) is 12.3. The highest BCUT2D eigenvalue weighted by molar-refractivity contribution is 6.12. The van der Waals surface area contributed by atoms with E-state index in [-0.39, 0.29) is 17.1 Å². The highest BCUT2D eigenvalue weighted by Gasteiger charge is 2.20. The van der Waals surface area contributed by atoms with E-state index >= 15 is 0 Å². The van der Waals surface area contributed by atoms with Crippen LogP contribution < -0.4 is 0 Å². The molecule has 0 saturated carbocycles. The van der Waals surface area contributed by atoms with Crippen molar-refractivity contribution in [1.29, 1.82) is 0 Å². The first kappa shape index (κ1) is 14.0. The van der Waals surface area contributed by atoms with Crippen molar-refractivity contribution in [1.82, 2.24) is 19.6 Å². The molecule has 0 aliphatic heterocycles. The van der Waals surface area contributed by atoms with Crippen molar-refractivity contribution in [3.8, 4) is 0 Å². The van der Waals surface area contributed by atoms with Gasteiger partial charge in [-0.25, -0.2) is 0 Å². The summed E-state index contributed by atoms with van der Waals surface area (Å²) in [6.07, 6.45) is 3.35. The first-order chi connectivity index (χ1) is 9.31. The summed E-state index contributed by atoms with van der Waals surface area (Å²) in [5.74, 6) is -0.264. The van der Waals surface area contributed by atoms with Crippen molar-refractivity contribution >= 4 is 11.5 Å². The Labute approximate surface area is 117 Å². The largest absolute Gasteiger partial charge is 0.507 e. The summed E-state index contributed by atoms with van der Waals surface area (Å²) >= 11 is 0. The molecule has 2 rings (SSSR count). The Morgan fingerprint density at radius 2 is 1.50 bits per heavy atom. The molecule has 106 valence electrons. The van der Waals surface area contributed by atoms with Crippen LogP contribution in [-0.2, 0) is 14.1 Å². The molecular formula is C14H18N4O2. The fraction of sp³-hybridized carbons (Fsp3) is 0.357. The molecule has 0 saturated heterocycles. The zero-order valence-corrected chi connectivity index (χ0v) is 12.3. The predicted molar refractivity (Wildman–Crippen MR) is 75.4 cm³/mol. The Balaban J connectivity index is 2.46. The number of ketones is 1. The molecule has 0 amide bonds. The maximum absolute atomic E-state index is 12.4. The maximum atomic E-state index is 12.4. The number of carbonyl (C=O) groups excluding carboxylic acids is 1. The third-order valence-electron chi connectivity index (χ3n) is 3.22. The van der Waals surface area contributed by atoms with E-state index in [9.17, 15) is 9.90 Å². The van der Waals surface area contributed by atoms with Crippen LogP contribution in [0.15, 0.2) is 18.0 Å². The van der Waals surface area contributed by atoms with E-state index in [1.807, 2.05) is 0 Å². The molecule has 0 bridgehead atoms. The molecule has 20 heavy (non-hydrogen) atoms. The van der Waals surface area contributed by atoms with Crippen LogP contribution >= 0.6 is 0 Å². The number of hydrogen-bond acceptors (Lipinski definition) is 4. The average Bonchev–Trinajstić information content (AvgIpc) is 2.88. The van der Waals surface area contributed by atoms with E-state index in [2.05, 4.69) is 10.2 Å². The van der Waals surface area contributed by atoms with Gasteiger partial charge in [0.2, 0.25) is 0 Å². The molecule has 0 aliphatic carbocycles. The van der Waals surface area contributed by atoms with Crippen molar-refractivity contribution in [2.75, 3.05) is 0 Å². The topological polar surface area (TPSA) is 72.9 Å². The lowest BCUT2D eigenvalue weighted by Gasteiger charge is -2.04. The van der Waals surface area contributed by atoms with Crippen molar-refractivity contribution < 1.29 is 9.90 Å². The summed E-state index contributed by atoms with van der Waals surface area (Å²) in [6.45, 7) is 5.17. The van der Waals surface area contributed by atoms with Crippen LogP contribution in [0, 0.1) is 13.8 Å². The Kier molecular flexibility index (Phi) is 3.48. The van der Waals surface area contributed by atoms with E-state index in [0.29, 0.717) is 22.5 Å². The fourth-order valence-corrected chi connectivity index (χ4v) is 2.17. The highest BCUT2D eigenvalue weighted by Crippen LogP contribution is 2.22. The second kappa shape index (κ2) is 4.96. The standard InChI is InChI=1S/C14H18N4O2/c1-8(13(19)11-6-17(4)15-9(11)2)14(20)12-7-18(5)16-10(12)3/h6-7,19H,1-5H3. The summed E-state index contributed by atoms with van der Waals surface area (Å²) in [5.41, 5.74) is 2.68. The first-order valence-corrected chi connectivity index (χ1v) is 6.26. The summed E-state index contributed by atoms with van der Waals surface area (Å²) in [6, 6.07) is 0. The second-order valence-electron chi connectivity index (χ2n) is 4.91. The van der Waals surface area contributed by atoms with Crippen LogP contribution in [0.1, 0.15) is 34.2 Å². The third kappa shape index (κ3) is 2.36. The highest BCUT2D eigenvalue weighted by atomic mass is 16.3. The molecule has 0 fully saturated rings. The summed E-state index contributed by atoms with van der Waals surface area (Å²) < 4.78 is 3.19. The third-order valence-corrected chi connectivity index (χ3v) is 3.22. The molecule has 1 N–H and O–H groups in total. The first-order valence-electron chi connectivity index (χ1n) is 6.26. The van der Waals surface area contributed by atoms with Crippen molar-refractivity contribution in [2.24, 2.45) is 14.1 Å². The summed E-state index contributed by atoms with van der Waals surface area (Å²) in [7, 11) is 3.53. The van der Waals surface area contributed by atoms with Crippen LogP contribution in [0.25, 0.3) is 5.76 Å². The predicted octanol–water partition coefficient (Wildman–Crippen LogP) is 1.94. The number of allylic oxidation sites excluding steroid dienone is 1. The lowest BCUT2D eigenvalue weighted by molar-refractivity contribution is 0.103. The van der Waals surface area contributed by atoms with Crippen LogP contribution in [0.4, 0.5) is 0 Å². The van der Waals surface area contributed by atoms with Gasteiger partial charge in [0, 0.05) is 32.1 Å². The van der Waals surface area contributed by atoms with Crippen LogP contribution in [0.3, 0.4) is 0 Å². The van der Waals surface area contributed by atoms with Gasteiger partial charge < -0.3 is 5.11 Å². The van der Waals surface area contributed by atoms with Crippen molar-refractivity contribution in [3.05, 3.63) is 40.5 Å². The molecule has 2 aromatic heterocycles. The SMILES string of the molecule is CC(C(=O)c1cn(C)nc1C)=C(O)c1cn(C)nc1C. The minimum atomic E-state index is -0.226. The van der Waals surface area contributed by atoms with Gasteiger partial charge in [0.15, 0.2) is 5.78 Å². The van der Waals surface area contributed by atoms with Gasteiger partial charge in [-0.2, -0.15) is 10.2 Å². The molecule has 2 aromatic rings. The molecule has 0 unspecified atom stereocenters. The monoisotopic (exact) mass is 274 g/mol. The van der Waals surface area contributed by atoms with E-state index in [4.69, 9.17) is 0 Å². The Hall–Kier alpha value is -2.37.